The van der Waals surface area contributed by atoms with E-state index in [4.69, 9.17) is 9.47 Å². The van der Waals surface area contributed by atoms with Crippen LogP contribution >= 0.6 is 0 Å². The molecule has 116 valence electrons. The van der Waals surface area contributed by atoms with Crippen LogP contribution in [0.4, 0.5) is 5.69 Å². The lowest BCUT2D eigenvalue weighted by molar-refractivity contribution is -0.118. The Bertz CT molecular complexity index is 653. The van der Waals surface area contributed by atoms with Crippen molar-refractivity contribution >= 4 is 11.6 Å². The average molecular weight is 299 g/mol. The molecule has 0 fully saturated rings. The molecule has 0 aliphatic rings. The van der Waals surface area contributed by atoms with Crippen LogP contribution in [0.3, 0.4) is 0 Å². The molecule has 0 spiro atoms. The molecule has 0 unspecified atom stereocenters. The largest absolute Gasteiger partial charge is 0.493 e. The van der Waals surface area contributed by atoms with Crippen LogP contribution in [-0.2, 0) is 11.2 Å². The average Bonchev–Trinajstić information content (AvgIpc) is 2.55. The summed E-state index contributed by atoms with van der Waals surface area (Å²) in [5.41, 5.74) is 3.04. The summed E-state index contributed by atoms with van der Waals surface area (Å²) >= 11 is 0. The summed E-state index contributed by atoms with van der Waals surface area (Å²) in [7, 11) is 1.57. The van der Waals surface area contributed by atoms with Gasteiger partial charge in [-0.15, -0.1) is 0 Å². The molecule has 0 saturated heterocycles. The second-order valence-electron chi connectivity index (χ2n) is 4.95. The Morgan fingerprint density at radius 2 is 1.82 bits per heavy atom. The van der Waals surface area contributed by atoms with E-state index < -0.39 is 0 Å². The molecule has 2 aromatic carbocycles. The maximum absolute atomic E-state index is 12.1. The Balaban J connectivity index is 2.02. The summed E-state index contributed by atoms with van der Waals surface area (Å²) < 4.78 is 10.7. The number of carbonyl (C=O) groups is 1. The van der Waals surface area contributed by atoms with Crippen LogP contribution < -0.4 is 14.8 Å². The Hall–Kier alpha value is -2.49. The van der Waals surface area contributed by atoms with Crippen molar-refractivity contribution in [2.24, 2.45) is 0 Å². The van der Waals surface area contributed by atoms with Crippen LogP contribution in [0.15, 0.2) is 42.5 Å². The van der Waals surface area contributed by atoms with Gasteiger partial charge in [-0.25, -0.2) is 0 Å². The van der Waals surface area contributed by atoms with Crippen molar-refractivity contribution in [3.63, 3.8) is 0 Å². The predicted octanol–water partition coefficient (Wildman–Crippen LogP) is 3.58. The minimum atomic E-state index is -0.185. The van der Waals surface area contributed by atoms with Gasteiger partial charge in [0.1, 0.15) is 0 Å². The molecule has 0 heterocycles. The van der Waals surface area contributed by atoms with E-state index in [1.807, 2.05) is 37.3 Å². The molecule has 0 saturated carbocycles. The molecular formula is C18H21NO3. The maximum atomic E-state index is 12.1. The minimum Gasteiger partial charge on any atom is -0.493 e. The van der Waals surface area contributed by atoms with Gasteiger partial charge >= 0.3 is 0 Å². The highest BCUT2D eigenvalue weighted by Crippen LogP contribution is 2.26. The lowest BCUT2D eigenvalue weighted by Crippen LogP contribution is -2.21. The van der Waals surface area contributed by atoms with Gasteiger partial charge in [0.2, 0.25) is 0 Å². The zero-order valence-corrected chi connectivity index (χ0v) is 13.2. The standard InChI is InChI=1S/C18H21NO3/c1-4-14-9-7-8-13(2)18(14)19-17(20)12-22-16-11-6-5-10-15(16)21-3/h5-11H,4,12H2,1-3H3,(H,19,20). The fourth-order valence-electron chi connectivity index (χ4n) is 2.26. The number of para-hydroxylation sites is 3. The van der Waals surface area contributed by atoms with E-state index in [0.717, 1.165) is 23.2 Å². The number of benzene rings is 2. The molecule has 0 aliphatic carbocycles. The molecule has 1 N–H and O–H groups in total. The Morgan fingerprint density at radius 3 is 2.50 bits per heavy atom. The quantitative estimate of drug-likeness (QED) is 0.887. The zero-order chi connectivity index (χ0) is 15.9. The number of anilines is 1. The van der Waals surface area contributed by atoms with Crippen molar-refractivity contribution < 1.29 is 14.3 Å². The first-order chi connectivity index (χ1) is 10.7. The van der Waals surface area contributed by atoms with E-state index in [0.29, 0.717) is 11.5 Å². The first kappa shape index (κ1) is 15.9. The van der Waals surface area contributed by atoms with E-state index in [2.05, 4.69) is 12.2 Å². The molecule has 0 bridgehead atoms. The van der Waals surface area contributed by atoms with Crippen molar-refractivity contribution in [2.45, 2.75) is 20.3 Å². The normalized spacial score (nSPS) is 10.1. The number of rotatable bonds is 6. The highest BCUT2D eigenvalue weighted by Gasteiger charge is 2.10. The fraction of sp³-hybridized carbons (Fsp3) is 0.278. The first-order valence-electron chi connectivity index (χ1n) is 7.29. The Labute approximate surface area is 131 Å². The van der Waals surface area contributed by atoms with E-state index in [9.17, 15) is 4.79 Å². The third-order valence-electron chi connectivity index (χ3n) is 3.43. The molecule has 0 aliphatic heterocycles. The number of hydrogen-bond acceptors (Lipinski definition) is 3. The van der Waals surface area contributed by atoms with E-state index in [1.165, 1.54) is 0 Å². The topological polar surface area (TPSA) is 47.6 Å². The van der Waals surface area contributed by atoms with Gasteiger partial charge in [0, 0.05) is 5.69 Å². The van der Waals surface area contributed by atoms with E-state index in [1.54, 1.807) is 19.2 Å². The van der Waals surface area contributed by atoms with Crippen LogP contribution in [0.25, 0.3) is 0 Å². The van der Waals surface area contributed by atoms with Gasteiger partial charge in [0.05, 0.1) is 7.11 Å². The number of aryl methyl sites for hydroxylation is 2. The smallest absolute Gasteiger partial charge is 0.262 e. The molecular weight excluding hydrogens is 278 g/mol. The fourth-order valence-corrected chi connectivity index (χ4v) is 2.26. The Morgan fingerprint density at radius 1 is 1.09 bits per heavy atom. The van der Waals surface area contributed by atoms with Crippen LogP contribution in [0, 0.1) is 6.92 Å². The SMILES string of the molecule is CCc1cccc(C)c1NC(=O)COc1ccccc1OC. The summed E-state index contributed by atoms with van der Waals surface area (Å²) in [5, 5.41) is 2.93. The molecule has 0 radical (unpaired) electrons. The maximum Gasteiger partial charge on any atom is 0.262 e. The monoisotopic (exact) mass is 299 g/mol. The second kappa shape index (κ2) is 7.50. The number of nitrogens with one attached hydrogen (secondary N) is 1. The molecule has 1 amide bonds. The molecule has 2 aromatic rings. The number of ether oxygens (including phenoxy) is 2. The predicted molar refractivity (Wildman–Crippen MR) is 87.7 cm³/mol. The lowest BCUT2D eigenvalue weighted by atomic mass is 10.1. The van der Waals surface area contributed by atoms with Gasteiger partial charge in [-0.2, -0.15) is 0 Å². The van der Waals surface area contributed by atoms with Gasteiger partial charge in [-0.3, -0.25) is 4.79 Å². The van der Waals surface area contributed by atoms with Crippen LogP contribution in [0.2, 0.25) is 0 Å². The summed E-state index contributed by atoms with van der Waals surface area (Å²) in [6.45, 7) is 3.99. The van der Waals surface area contributed by atoms with Crippen LogP contribution in [0.5, 0.6) is 11.5 Å². The number of hydrogen-bond donors (Lipinski definition) is 1. The van der Waals surface area contributed by atoms with Crippen molar-refractivity contribution in [3.05, 3.63) is 53.6 Å². The highest BCUT2D eigenvalue weighted by molar-refractivity contribution is 5.93. The summed E-state index contributed by atoms with van der Waals surface area (Å²) in [6, 6.07) is 13.3. The summed E-state index contributed by atoms with van der Waals surface area (Å²) in [6.07, 6.45) is 0.866. The third kappa shape index (κ3) is 3.79. The first-order valence-corrected chi connectivity index (χ1v) is 7.29. The van der Waals surface area contributed by atoms with Crippen molar-refractivity contribution in [3.8, 4) is 11.5 Å². The molecule has 0 aromatic heterocycles. The molecule has 4 nitrogen and oxygen atoms in total. The molecule has 2 rings (SSSR count). The number of carbonyl (C=O) groups excluding carboxylic acids is 1. The molecule has 4 heteroatoms. The number of methoxy groups -OCH3 is 1. The van der Waals surface area contributed by atoms with Crippen molar-refractivity contribution in [1.82, 2.24) is 0 Å². The second-order valence-corrected chi connectivity index (χ2v) is 4.95. The summed E-state index contributed by atoms with van der Waals surface area (Å²) in [4.78, 5) is 12.1. The van der Waals surface area contributed by atoms with Gasteiger partial charge < -0.3 is 14.8 Å². The Kier molecular flexibility index (Phi) is 5.42. The number of amides is 1. The van der Waals surface area contributed by atoms with Gasteiger partial charge in [-0.05, 0) is 36.6 Å². The summed E-state index contributed by atoms with van der Waals surface area (Å²) in [5.74, 6) is 0.982. The lowest BCUT2D eigenvalue weighted by Gasteiger charge is -2.14. The molecule has 22 heavy (non-hydrogen) atoms. The van der Waals surface area contributed by atoms with Crippen LogP contribution in [-0.4, -0.2) is 19.6 Å². The van der Waals surface area contributed by atoms with E-state index >= 15 is 0 Å². The van der Waals surface area contributed by atoms with E-state index in [-0.39, 0.29) is 12.5 Å². The minimum absolute atomic E-state index is 0.0577. The molecule has 0 atom stereocenters. The van der Waals surface area contributed by atoms with Gasteiger partial charge in [-0.1, -0.05) is 37.3 Å². The third-order valence-corrected chi connectivity index (χ3v) is 3.43. The van der Waals surface area contributed by atoms with Crippen molar-refractivity contribution in [1.29, 1.82) is 0 Å². The zero-order valence-electron chi connectivity index (χ0n) is 13.2. The highest BCUT2D eigenvalue weighted by atomic mass is 16.5. The van der Waals surface area contributed by atoms with Crippen molar-refractivity contribution in [2.75, 3.05) is 19.0 Å². The van der Waals surface area contributed by atoms with Crippen LogP contribution in [0.1, 0.15) is 18.1 Å². The van der Waals surface area contributed by atoms with Gasteiger partial charge in [0.25, 0.3) is 5.91 Å². The van der Waals surface area contributed by atoms with Gasteiger partial charge in [0.15, 0.2) is 18.1 Å².